The van der Waals surface area contributed by atoms with E-state index < -0.39 is 6.10 Å². The lowest BCUT2D eigenvalue weighted by Gasteiger charge is -2.41. The smallest absolute Gasteiger partial charge is 0.115 e. The first-order valence-electron chi connectivity index (χ1n) is 8.01. The van der Waals surface area contributed by atoms with Crippen LogP contribution in [-0.2, 0) is 6.54 Å². The molecule has 1 aliphatic heterocycles. The van der Waals surface area contributed by atoms with Crippen LogP contribution in [-0.4, -0.2) is 46.0 Å². The Morgan fingerprint density at radius 3 is 2.25 bits per heavy atom. The van der Waals surface area contributed by atoms with E-state index in [0.717, 1.165) is 18.7 Å². The van der Waals surface area contributed by atoms with Gasteiger partial charge in [0.15, 0.2) is 0 Å². The van der Waals surface area contributed by atoms with Crippen LogP contribution in [0.4, 0.5) is 0 Å². The maximum absolute atomic E-state index is 10.6. The van der Waals surface area contributed by atoms with Crippen LogP contribution in [0.15, 0.2) is 54.6 Å². The van der Waals surface area contributed by atoms with E-state index in [1.807, 2.05) is 30.3 Å². The van der Waals surface area contributed by atoms with E-state index in [9.17, 15) is 15.3 Å². The molecule has 4 nitrogen and oxygen atoms in total. The molecule has 0 radical (unpaired) electrons. The van der Waals surface area contributed by atoms with Crippen molar-refractivity contribution in [1.82, 2.24) is 4.90 Å². The van der Waals surface area contributed by atoms with Crippen molar-refractivity contribution >= 4 is 17.0 Å². The molecular formula is C19H24BrNO3. The van der Waals surface area contributed by atoms with E-state index in [4.69, 9.17) is 0 Å². The molecule has 2 aromatic rings. The van der Waals surface area contributed by atoms with Crippen molar-refractivity contribution in [2.75, 3.05) is 19.7 Å². The Kier molecular flexibility index (Phi) is 6.80. The largest absolute Gasteiger partial charge is 0.508 e. The molecule has 0 bridgehead atoms. The monoisotopic (exact) mass is 393 g/mol. The molecule has 0 spiro atoms. The third-order valence-electron chi connectivity index (χ3n) is 4.62. The summed E-state index contributed by atoms with van der Waals surface area (Å²) < 4.78 is 0. The lowest BCUT2D eigenvalue weighted by molar-refractivity contribution is -0.00341. The number of aliphatic hydroxyl groups is 2. The molecule has 3 atom stereocenters. The Bertz CT molecular complexity index is 620. The van der Waals surface area contributed by atoms with Gasteiger partial charge in [-0.2, -0.15) is 0 Å². The Morgan fingerprint density at radius 1 is 0.958 bits per heavy atom. The number of aromatic hydroxyl groups is 1. The van der Waals surface area contributed by atoms with E-state index in [0.29, 0.717) is 6.54 Å². The van der Waals surface area contributed by atoms with E-state index in [-0.39, 0.29) is 41.2 Å². The summed E-state index contributed by atoms with van der Waals surface area (Å²) >= 11 is 0. The number of phenolic OH excluding ortho intramolecular Hbond substituents is 1. The highest BCUT2D eigenvalue weighted by atomic mass is 79.9. The van der Waals surface area contributed by atoms with Crippen LogP contribution in [0.5, 0.6) is 5.75 Å². The lowest BCUT2D eigenvalue weighted by Crippen LogP contribution is -2.48. The first-order chi connectivity index (χ1) is 11.2. The van der Waals surface area contributed by atoms with Gasteiger partial charge in [-0.05, 0) is 23.3 Å². The molecule has 2 aromatic carbocycles. The molecule has 1 heterocycles. The lowest BCUT2D eigenvalue weighted by atomic mass is 9.79. The van der Waals surface area contributed by atoms with Gasteiger partial charge < -0.3 is 15.3 Å². The van der Waals surface area contributed by atoms with E-state index in [1.165, 1.54) is 5.56 Å². The van der Waals surface area contributed by atoms with Gasteiger partial charge in [0.05, 0.1) is 6.10 Å². The van der Waals surface area contributed by atoms with E-state index >= 15 is 0 Å². The Morgan fingerprint density at radius 2 is 1.62 bits per heavy atom. The summed E-state index contributed by atoms with van der Waals surface area (Å²) in [6.07, 6.45) is -0.533. The zero-order valence-corrected chi connectivity index (χ0v) is 15.2. The molecule has 0 aromatic heterocycles. The predicted molar refractivity (Wildman–Crippen MR) is 99.5 cm³/mol. The summed E-state index contributed by atoms with van der Waals surface area (Å²) in [5.41, 5.74) is 2.17. The second-order valence-corrected chi connectivity index (χ2v) is 6.31. The number of phenols is 1. The maximum atomic E-state index is 10.6. The van der Waals surface area contributed by atoms with Crippen molar-refractivity contribution < 1.29 is 15.3 Å². The van der Waals surface area contributed by atoms with Crippen LogP contribution in [0.1, 0.15) is 17.0 Å². The molecule has 1 aliphatic rings. The number of halogens is 1. The normalized spacial score (nSPS) is 24.3. The van der Waals surface area contributed by atoms with Gasteiger partial charge in [-0.3, -0.25) is 4.90 Å². The van der Waals surface area contributed by atoms with Crippen molar-refractivity contribution in [3.8, 4) is 5.75 Å². The molecule has 0 aliphatic carbocycles. The predicted octanol–water partition coefficient (Wildman–Crippen LogP) is 2.54. The summed E-state index contributed by atoms with van der Waals surface area (Å²) in [5.74, 6) is 0.0879. The van der Waals surface area contributed by atoms with E-state index in [1.54, 1.807) is 12.1 Å². The molecule has 0 saturated carbocycles. The average Bonchev–Trinajstić information content (AvgIpc) is 2.56. The fraction of sp³-hybridized carbons (Fsp3) is 0.368. The van der Waals surface area contributed by atoms with Gasteiger partial charge in [-0.25, -0.2) is 0 Å². The molecule has 0 unspecified atom stereocenters. The molecule has 3 rings (SSSR count). The minimum absolute atomic E-state index is 0. The number of likely N-dealkylation sites (tertiary alicyclic amines) is 1. The number of rotatable bonds is 4. The molecule has 1 fully saturated rings. The first kappa shape index (κ1) is 18.9. The summed E-state index contributed by atoms with van der Waals surface area (Å²) in [6.45, 7) is 2.13. The van der Waals surface area contributed by atoms with E-state index in [2.05, 4.69) is 17.0 Å². The van der Waals surface area contributed by atoms with Crippen molar-refractivity contribution in [1.29, 1.82) is 0 Å². The van der Waals surface area contributed by atoms with Gasteiger partial charge in [0.1, 0.15) is 5.75 Å². The fourth-order valence-corrected chi connectivity index (χ4v) is 3.54. The molecule has 1 saturated heterocycles. The summed E-state index contributed by atoms with van der Waals surface area (Å²) in [5, 5.41) is 29.8. The van der Waals surface area contributed by atoms with Crippen LogP contribution < -0.4 is 0 Å². The first-order valence-corrected chi connectivity index (χ1v) is 8.01. The average molecular weight is 394 g/mol. The maximum Gasteiger partial charge on any atom is 0.115 e. The number of aliphatic hydroxyl groups excluding tert-OH is 2. The molecule has 5 heteroatoms. The molecule has 0 amide bonds. The number of hydrogen-bond donors (Lipinski definition) is 3. The topological polar surface area (TPSA) is 63.9 Å². The van der Waals surface area contributed by atoms with Gasteiger partial charge in [0.25, 0.3) is 0 Å². The second-order valence-electron chi connectivity index (χ2n) is 6.31. The highest BCUT2D eigenvalue weighted by molar-refractivity contribution is 8.93. The summed E-state index contributed by atoms with van der Waals surface area (Å²) in [4.78, 5) is 2.19. The van der Waals surface area contributed by atoms with Gasteiger partial charge in [0.2, 0.25) is 0 Å². The Balaban J connectivity index is 0.00000208. The van der Waals surface area contributed by atoms with Crippen molar-refractivity contribution in [2.24, 2.45) is 5.92 Å². The van der Waals surface area contributed by atoms with Crippen LogP contribution in [0, 0.1) is 5.92 Å². The minimum Gasteiger partial charge on any atom is -0.508 e. The Labute approximate surface area is 153 Å². The minimum atomic E-state index is -0.533. The molecule has 130 valence electrons. The van der Waals surface area contributed by atoms with Crippen LogP contribution in [0.3, 0.4) is 0 Å². The van der Waals surface area contributed by atoms with Gasteiger partial charge in [-0.1, -0.05) is 42.5 Å². The van der Waals surface area contributed by atoms with Crippen LogP contribution in [0.2, 0.25) is 0 Å². The number of hydrogen-bond acceptors (Lipinski definition) is 4. The van der Waals surface area contributed by atoms with Crippen LogP contribution >= 0.6 is 17.0 Å². The highest BCUT2D eigenvalue weighted by Crippen LogP contribution is 2.34. The number of benzene rings is 2. The third kappa shape index (κ3) is 4.36. The van der Waals surface area contributed by atoms with Gasteiger partial charge in [-0.15, -0.1) is 17.0 Å². The second kappa shape index (κ2) is 8.62. The summed E-state index contributed by atoms with van der Waals surface area (Å²) in [7, 11) is 0. The van der Waals surface area contributed by atoms with Gasteiger partial charge in [0, 0.05) is 38.1 Å². The summed E-state index contributed by atoms with van der Waals surface area (Å²) in [6, 6.07) is 17.1. The van der Waals surface area contributed by atoms with Crippen molar-refractivity contribution in [2.45, 2.75) is 18.6 Å². The SMILES string of the molecule is Br.OC[C@@H]1CN(Cc2ccccc2)C[C@H](O)[C@H]1c1ccc(O)cc1. The van der Waals surface area contributed by atoms with Gasteiger partial charge >= 0.3 is 0 Å². The third-order valence-corrected chi connectivity index (χ3v) is 4.62. The fourth-order valence-electron chi connectivity index (χ4n) is 3.54. The quantitative estimate of drug-likeness (QED) is 0.746. The zero-order valence-electron chi connectivity index (χ0n) is 13.5. The zero-order chi connectivity index (χ0) is 16.2. The van der Waals surface area contributed by atoms with Crippen molar-refractivity contribution in [3.05, 3.63) is 65.7 Å². The van der Waals surface area contributed by atoms with Crippen LogP contribution in [0.25, 0.3) is 0 Å². The number of β-amino-alcohol motifs (C(OH)–C–C–N with tert-alkyl or cyclic N) is 1. The Hall–Kier alpha value is -1.40. The molecular weight excluding hydrogens is 370 g/mol. The number of nitrogens with zero attached hydrogens (tertiary/aromatic N) is 1. The standard InChI is InChI=1S/C19H23NO3.BrH/c21-13-16-11-20(10-14-4-2-1-3-5-14)12-18(23)19(16)15-6-8-17(22)9-7-15;/h1-9,16,18-19,21-23H,10-13H2;1H/t16-,18-,19-;/m0./s1. The highest BCUT2D eigenvalue weighted by Gasteiger charge is 2.36. The molecule has 3 N–H and O–H groups in total. The number of piperidine rings is 1. The van der Waals surface area contributed by atoms with Crippen molar-refractivity contribution in [3.63, 3.8) is 0 Å². The molecule has 24 heavy (non-hydrogen) atoms.